The maximum Gasteiger partial charge on any atom is 0.468 e. The lowest BCUT2D eigenvalue weighted by Gasteiger charge is -2.55. The number of ether oxygens (including phenoxy) is 3. The second-order valence-corrected chi connectivity index (χ2v) is 12.3. The molecule has 22 heteroatoms. The van der Waals surface area contributed by atoms with E-state index in [9.17, 15) is 75.1 Å². The number of hydrogen-bond donors (Lipinski definition) is 1. The second kappa shape index (κ2) is 10.8. The van der Waals surface area contributed by atoms with Crippen LogP contribution in [0.4, 0.5) is 57.1 Å². The Morgan fingerprint density at radius 3 is 1.56 bits per heavy atom. The predicted octanol–water partition coefficient (Wildman–Crippen LogP) is 5.56. The van der Waals surface area contributed by atoms with E-state index in [1.807, 2.05) is 0 Å². The van der Waals surface area contributed by atoms with Crippen LogP contribution in [0.25, 0.3) is 0 Å². The lowest BCUT2D eigenvalue weighted by Crippen LogP contribution is -2.63. The molecule has 0 spiro atoms. The third-order valence-corrected chi connectivity index (χ3v) is 8.59. The Hall–Kier alpha value is -2.10. The molecule has 1 N–H and O–H groups in total. The Balaban J connectivity index is 2.03. The molecule has 0 aliphatic heterocycles. The molecule has 1 unspecified atom stereocenters. The van der Waals surface area contributed by atoms with Crippen LogP contribution in [0, 0.1) is 23.2 Å². The molecule has 4 bridgehead atoms. The van der Waals surface area contributed by atoms with Crippen molar-refractivity contribution in [3.05, 3.63) is 0 Å². The highest BCUT2D eigenvalue weighted by atomic mass is 32.2. The van der Waals surface area contributed by atoms with Gasteiger partial charge in [0.1, 0.15) is 0 Å². The largest absolute Gasteiger partial charge is 0.468 e. The molecule has 250 valence electrons. The average Bonchev–Trinajstić information content (AvgIpc) is 2.77. The minimum absolute atomic E-state index is 0.172. The van der Waals surface area contributed by atoms with Gasteiger partial charge in [0.25, 0.3) is 6.10 Å². The molecular weight excluding hydrogens is 659 g/mol. The van der Waals surface area contributed by atoms with Gasteiger partial charge in [-0.05, 0) is 56.3 Å². The first-order chi connectivity index (χ1) is 19.1. The number of carbonyl (C=O) groups is 2. The van der Waals surface area contributed by atoms with Gasteiger partial charge in [0, 0.05) is 6.42 Å². The van der Waals surface area contributed by atoms with Crippen molar-refractivity contribution in [2.75, 3.05) is 6.61 Å². The zero-order valence-electron chi connectivity index (χ0n) is 21.1. The number of hydrogen-bond acceptors (Lipinski definition) is 7. The van der Waals surface area contributed by atoms with Gasteiger partial charge in [0.2, 0.25) is 0 Å². The van der Waals surface area contributed by atoms with Crippen LogP contribution in [0.15, 0.2) is 0 Å². The standard InChI is InChI=1S/C21H21F13O8S/c22-16(23,21(33,34)43(37,38)39)1-2-40-17(20(30,31)32,14(36)41-12(18(24,25)26)19(27,28)29)42-13(35)15-6-9-3-10(7-15)5-11(4-9)8-15/h9-12H,1-8H2,(H,37,38,39). The van der Waals surface area contributed by atoms with Crippen LogP contribution in [0.5, 0.6) is 0 Å². The Labute approximate surface area is 232 Å². The van der Waals surface area contributed by atoms with E-state index in [1.165, 1.54) is 0 Å². The first kappa shape index (κ1) is 35.4. The van der Waals surface area contributed by atoms with E-state index in [2.05, 4.69) is 14.2 Å². The number of alkyl halides is 13. The highest BCUT2D eigenvalue weighted by molar-refractivity contribution is 7.87. The SMILES string of the molecule is O=C(OC(OCCC(F)(F)C(F)(F)S(=O)(=O)O)(C(=O)OC(C(F)(F)F)C(F)(F)F)C(F)(F)F)C12CC3CC(CC(C3)C1)C2. The van der Waals surface area contributed by atoms with Crippen molar-refractivity contribution in [3.8, 4) is 0 Å². The summed E-state index contributed by atoms with van der Waals surface area (Å²) in [5.74, 6) is -18.2. The van der Waals surface area contributed by atoms with Crippen LogP contribution in [0.1, 0.15) is 44.9 Å². The first-order valence-electron chi connectivity index (χ1n) is 12.1. The van der Waals surface area contributed by atoms with Crippen molar-refractivity contribution in [2.45, 2.75) is 86.5 Å². The summed E-state index contributed by atoms with van der Waals surface area (Å²) in [6.45, 7) is -2.61. The molecule has 4 aliphatic rings. The van der Waals surface area contributed by atoms with Crippen LogP contribution in [0.2, 0.25) is 0 Å². The van der Waals surface area contributed by atoms with E-state index in [0.29, 0.717) is 19.3 Å². The maximum absolute atomic E-state index is 14.3. The van der Waals surface area contributed by atoms with E-state index < -0.39 is 82.1 Å². The molecule has 0 saturated heterocycles. The van der Waals surface area contributed by atoms with Gasteiger partial charge in [-0.15, -0.1) is 0 Å². The molecular formula is C21H21F13O8S. The quantitative estimate of drug-likeness (QED) is 0.138. The highest BCUT2D eigenvalue weighted by Gasteiger charge is 2.73. The molecule has 0 amide bonds. The number of rotatable bonds is 10. The van der Waals surface area contributed by atoms with Crippen molar-refractivity contribution in [1.29, 1.82) is 0 Å². The van der Waals surface area contributed by atoms with Gasteiger partial charge in [0.15, 0.2) is 0 Å². The summed E-state index contributed by atoms with van der Waals surface area (Å²) in [5, 5.41) is -6.40. The van der Waals surface area contributed by atoms with Crippen LogP contribution < -0.4 is 0 Å². The Bertz CT molecular complexity index is 1150. The van der Waals surface area contributed by atoms with Crippen molar-refractivity contribution in [1.82, 2.24) is 0 Å². The summed E-state index contributed by atoms with van der Waals surface area (Å²) in [6, 6.07) is 0. The molecule has 1 atom stereocenters. The van der Waals surface area contributed by atoms with Crippen molar-refractivity contribution >= 4 is 22.1 Å². The van der Waals surface area contributed by atoms with E-state index in [-0.39, 0.29) is 37.0 Å². The van der Waals surface area contributed by atoms with Crippen molar-refractivity contribution in [2.24, 2.45) is 23.2 Å². The van der Waals surface area contributed by atoms with Gasteiger partial charge < -0.3 is 14.2 Å². The zero-order valence-corrected chi connectivity index (χ0v) is 21.9. The zero-order chi connectivity index (χ0) is 33.2. The third-order valence-electron chi connectivity index (χ3n) is 7.64. The van der Waals surface area contributed by atoms with E-state index in [0.717, 1.165) is 0 Å². The van der Waals surface area contributed by atoms with Gasteiger partial charge in [-0.3, -0.25) is 9.35 Å². The third kappa shape index (κ3) is 6.64. The van der Waals surface area contributed by atoms with Gasteiger partial charge in [-0.25, -0.2) is 4.79 Å². The summed E-state index contributed by atoms with van der Waals surface area (Å²) in [5.41, 5.74) is -1.84. The Morgan fingerprint density at radius 1 is 0.791 bits per heavy atom. The van der Waals surface area contributed by atoms with Crippen LogP contribution in [0.3, 0.4) is 0 Å². The summed E-state index contributed by atoms with van der Waals surface area (Å²) >= 11 is 0. The molecule has 8 nitrogen and oxygen atoms in total. The van der Waals surface area contributed by atoms with Crippen molar-refractivity contribution in [3.63, 3.8) is 0 Å². The first-order valence-corrected chi connectivity index (χ1v) is 13.5. The molecule has 4 aliphatic carbocycles. The van der Waals surface area contributed by atoms with Gasteiger partial charge in [-0.2, -0.15) is 65.5 Å². The number of halogens is 13. The fourth-order valence-corrected chi connectivity index (χ4v) is 6.63. The minimum atomic E-state index is -6.95. The topological polar surface area (TPSA) is 116 Å². The molecule has 0 aromatic carbocycles. The molecule has 43 heavy (non-hydrogen) atoms. The molecule has 4 rings (SSSR count). The van der Waals surface area contributed by atoms with Crippen LogP contribution >= 0.6 is 0 Å². The number of esters is 2. The highest BCUT2D eigenvalue weighted by Crippen LogP contribution is 2.61. The fourth-order valence-electron chi connectivity index (χ4n) is 6.15. The summed E-state index contributed by atoms with van der Waals surface area (Å²) in [7, 11) is -6.95. The molecule has 0 aromatic heterocycles. The summed E-state index contributed by atoms with van der Waals surface area (Å²) in [4.78, 5) is 25.6. The van der Waals surface area contributed by atoms with Crippen molar-refractivity contribution < 1.29 is 93.8 Å². The molecule has 4 fully saturated rings. The molecule has 0 radical (unpaired) electrons. The Kier molecular flexibility index (Phi) is 8.86. The van der Waals surface area contributed by atoms with Gasteiger partial charge in [-0.1, -0.05) is 0 Å². The number of carbonyl (C=O) groups excluding carboxylic acids is 2. The van der Waals surface area contributed by atoms with Gasteiger partial charge in [0.05, 0.1) is 12.0 Å². The molecule has 0 aromatic rings. The average molecular weight is 680 g/mol. The van der Waals surface area contributed by atoms with Crippen LogP contribution in [-0.4, -0.2) is 73.1 Å². The van der Waals surface area contributed by atoms with E-state index in [4.69, 9.17) is 4.55 Å². The van der Waals surface area contributed by atoms with Gasteiger partial charge >= 0.3 is 57.5 Å². The van der Waals surface area contributed by atoms with E-state index in [1.54, 1.807) is 0 Å². The Morgan fingerprint density at radius 2 is 1.21 bits per heavy atom. The van der Waals surface area contributed by atoms with E-state index >= 15 is 0 Å². The monoisotopic (exact) mass is 680 g/mol. The smallest absolute Gasteiger partial charge is 0.438 e. The molecule has 4 saturated carbocycles. The lowest BCUT2D eigenvalue weighted by molar-refractivity contribution is -0.374. The fraction of sp³-hybridized carbons (Fsp3) is 0.905. The second-order valence-electron chi connectivity index (χ2n) is 10.9. The predicted molar refractivity (Wildman–Crippen MR) is 109 cm³/mol. The molecule has 0 heterocycles. The normalized spacial score (nSPS) is 28.1. The summed E-state index contributed by atoms with van der Waals surface area (Å²) < 4.78 is 216. The maximum atomic E-state index is 14.3. The minimum Gasteiger partial charge on any atom is -0.438 e. The lowest BCUT2D eigenvalue weighted by atomic mass is 9.49. The van der Waals surface area contributed by atoms with Crippen LogP contribution in [-0.2, 0) is 33.9 Å². The summed E-state index contributed by atoms with van der Waals surface area (Å²) in [6.07, 6.45) is -27.0.